The van der Waals surface area contributed by atoms with Crippen molar-refractivity contribution in [2.45, 2.75) is 26.0 Å². The lowest BCUT2D eigenvalue weighted by molar-refractivity contribution is 0.140. The predicted octanol–water partition coefficient (Wildman–Crippen LogP) is 1.98. The van der Waals surface area contributed by atoms with Crippen LogP contribution in [0.25, 0.3) is 0 Å². The zero-order valence-electron chi connectivity index (χ0n) is 13.3. The third-order valence-electron chi connectivity index (χ3n) is 4.24. The van der Waals surface area contributed by atoms with E-state index in [1.807, 2.05) is 18.2 Å². The summed E-state index contributed by atoms with van der Waals surface area (Å²) >= 11 is 4.97. The number of fused-ring (bicyclic) bond motifs is 1. The molecule has 0 aliphatic carbocycles. The van der Waals surface area contributed by atoms with Gasteiger partial charge in [-0.2, -0.15) is 0 Å². The molecule has 0 saturated carbocycles. The Labute approximate surface area is 145 Å². The second-order valence-electron chi connectivity index (χ2n) is 5.96. The Morgan fingerprint density at radius 2 is 2.25 bits per heavy atom. The summed E-state index contributed by atoms with van der Waals surface area (Å²) in [5, 5.41) is 12.1. The molecule has 3 rings (SSSR count). The molecule has 128 valence electrons. The summed E-state index contributed by atoms with van der Waals surface area (Å²) in [5.41, 5.74) is 2.84. The van der Waals surface area contributed by atoms with Gasteiger partial charge in [0.15, 0.2) is 0 Å². The van der Waals surface area contributed by atoms with Crippen LogP contribution in [0.4, 0.5) is 15.3 Å². The number of cyclic esters (lactones) is 1. The monoisotopic (exact) mass is 349 g/mol. The van der Waals surface area contributed by atoms with Gasteiger partial charge in [0, 0.05) is 18.8 Å². The van der Waals surface area contributed by atoms with Crippen LogP contribution in [0.5, 0.6) is 0 Å². The van der Waals surface area contributed by atoms with Gasteiger partial charge in [0.2, 0.25) is 0 Å². The van der Waals surface area contributed by atoms with Gasteiger partial charge in [-0.1, -0.05) is 18.3 Å². The number of thiocarbonyl (C=S) groups is 1. The van der Waals surface area contributed by atoms with Crippen LogP contribution in [0.3, 0.4) is 0 Å². The molecule has 0 radical (unpaired) electrons. The number of ether oxygens (including phenoxy) is 1. The molecule has 0 bridgehead atoms. The van der Waals surface area contributed by atoms with E-state index in [1.165, 1.54) is 4.90 Å². The third kappa shape index (κ3) is 3.43. The van der Waals surface area contributed by atoms with Crippen molar-refractivity contribution in [2.24, 2.45) is 0 Å². The Morgan fingerprint density at radius 1 is 1.46 bits per heavy atom. The van der Waals surface area contributed by atoms with Crippen LogP contribution in [0, 0.1) is 0 Å². The lowest BCUT2D eigenvalue weighted by Crippen LogP contribution is -2.35. The number of nitrogens with one attached hydrogen (secondary N) is 1. The molecule has 24 heavy (non-hydrogen) atoms. The van der Waals surface area contributed by atoms with Crippen molar-refractivity contribution in [2.75, 3.05) is 24.5 Å². The van der Waals surface area contributed by atoms with E-state index in [0.29, 0.717) is 37.6 Å². The normalized spacial score (nSPS) is 19.7. The van der Waals surface area contributed by atoms with E-state index in [1.54, 1.807) is 11.8 Å². The van der Waals surface area contributed by atoms with Gasteiger partial charge in [-0.05, 0) is 36.6 Å². The first-order chi connectivity index (χ1) is 11.4. The molecule has 2 aliphatic rings. The number of hydrogen-bond donors (Lipinski definition) is 2. The Morgan fingerprint density at radius 3 is 2.96 bits per heavy atom. The van der Waals surface area contributed by atoms with E-state index in [4.69, 9.17) is 22.1 Å². The van der Waals surface area contributed by atoms with Crippen molar-refractivity contribution < 1.29 is 19.4 Å². The number of amides is 2. The minimum absolute atomic E-state index is 0.242. The second kappa shape index (κ2) is 6.64. The Bertz CT molecular complexity index is 694. The van der Waals surface area contributed by atoms with Gasteiger partial charge in [0.05, 0.1) is 18.1 Å². The molecule has 2 N–H and O–H groups in total. The quantitative estimate of drug-likeness (QED) is 0.812. The molecule has 8 heteroatoms. The van der Waals surface area contributed by atoms with Gasteiger partial charge in [-0.25, -0.2) is 9.59 Å². The Balaban J connectivity index is 1.71. The van der Waals surface area contributed by atoms with Crippen LogP contribution >= 0.6 is 12.2 Å². The molecule has 0 spiro atoms. The topological polar surface area (TPSA) is 82.1 Å². The highest BCUT2D eigenvalue weighted by molar-refractivity contribution is 7.80. The van der Waals surface area contributed by atoms with Crippen molar-refractivity contribution in [1.82, 2.24) is 10.2 Å². The summed E-state index contributed by atoms with van der Waals surface area (Å²) in [6.45, 7) is 3.60. The minimum atomic E-state index is -0.906. The molecule has 1 atom stereocenters. The summed E-state index contributed by atoms with van der Waals surface area (Å²) < 4.78 is 5.35. The van der Waals surface area contributed by atoms with E-state index in [0.717, 1.165) is 16.8 Å². The van der Waals surface area contributed by atoms with Crippen LogP contribution in [-0.2, 0) is 17.7 Å². The first kappa shape index (κ1) is 16.5. The van der Waals surface area contributed by atoms with E-state index < -0.39 is 6.09 Å². The number of hydrogen-bond acceptors (Lipinski definition) is 4. The molecule has 1 aromatic carbocycles. The molecule has 1 fully saturated rings. The standard InChI is InChI=1S/C16H19N3O4S/c1-10(24)17-7-14-9-19(16(22)23-14)13-3-2-12-8-18(15(20)21)5-4-11(12)6-13/h2-3,6,14H,4-5,7-9H2,1H3,(H,17,24)(H,20,21)/t14-/m1/s1. The zero-order valence-corrected chi connectivity index (χ0v) is 14.1. The Hall–Kier alpha value is -2.35. The molecular formula is C16H19N3O4S. The molecular weight excluding hydrogens is 330 g/mol. The highest BCUT2D eigenvalue weighted by atomic mass is 32.1. The lowest BCUT2D eigenvalue weighted by Gasteiger charge is -2.27. The third-order valence-corrected chi connectivity index (χ3v) is 4.38. The predicted molar refractivity (Wildman–Crippen MR) is 92.5 cm³/mol. The fourth-order valence-corrected chi connectivity index (χ4v) is 3.05. The minimum Gasteiger partial charge on any atom is -0.465 e. The maximum absolute atomic E-state index is 12.1. The number of carbonyl (C=O) groups excluding carboxylic acids is 1. The Kier molecular flexibility index (Phi) is 4.57. The average Bonchev–Trinajstić information content (AvgIpc) is 2.92. The van der Waals surface area contributed by atoms with Crippen LogP contribution in [0.15, 0.2) is 18.2 Å². The molecule has 2 amide bonds. The fourth-order valence-electron chi connectivity index (χ4n) is 2.97. The fraction of sp³-hybridized carbons (Fsp3) is 0.438. The average molecular weight is 349 g/mol. The SMILES string of the molecule is CC(=S)NC[C@@H]1CN(c2ccc3c(c2)CCN(C(=O)O)C3)C(=O)O1. The number of benzene rings is 1. The van der Waals surface area contributed by atoms with Crippen molar-refractivity contribution in [1.29, 1.82) is 0 Å². The highest BCUT2D eigenvalue weighted by Crippen LogP contribution is 2.27. The van der Waals surface area contributed by atoms with Crippen molar-refractivity contribution in [3.63, 3.8) is 0 Å². The van der Waals surface area contributed by atoms with Crippen LogP contribution in [0.2, 0.25) is 0 Å². The number of nitrogens with zero attached hydrogens (tertiary/aromatic N) is 2. The summed E-state index contributed by atoms with van der Waals surface area (Å²) in [4.78, 5) is 26.8. The van der Waals surface area contributed by atoms with Gasteiger partial charge >= 0.3 is 12.2 Å². The van der Waals surface area contributed by atoms with Gasteiger partial charge in [0.1, 0.15) is 6.10 Å². The van der Waals surface area contributed by atoms with Gasteiger partial charge in [-0.3, -0.25) is 4.90 Å². The smallest absolute Gasteiger partial charge is 0.414 e. The largest absolute Gasteiger partial charge is 0.465 e. The molecule has 0 unspecified atom stereocenters. The summed E-state index contributed by atoms with van der Waals surface area (Å²) in [7, 11) is 0. The highest BCUT2D eigenvalue weighted by Gasteiger charge is 2.32. The summed E-state index contributed by atoms with van der Waals surface area (Å²) in [5.74, 6) is 0. The van der Waals surface area contributed by atoms with Gasteiger partial charge in [0.25, 0.3) is 0 Å². The van der Waals surface area contributed by atoms with Crippen LogP contribution in [-0.4, -0.2) is 52.9 Å². The summed E-state index contributed by atoms with van der Waals surface area (Å²) in [6, 6.07) is 5.68. The molecule has 7 nitrogen and oxygen atoms in total. The maximum Gasteiger partial charge on any atom is 0.414 e. The molecule has 2 heterocycles. The van der Waals surface area contributed by atoms with Crippen LogP contribution in [0.1, 0.15) is 18.1 Å². The van der Waals surface area contributed by atoms with Crippen LogP contribution < -0.4 is 10.2 Å². The van der Waals surface area contributed by atoms with E-state index in [9.17, 15) is 9.59 Å². The van der Waals surface area contributed by atoms with Crippen molar-refractivity contribution in [3.8, 4) is 0 Å². The lowest BCUT2D eigenvalue weighted by atomic mass is 9.99. The molecule has 1 aromatic rings. The van der Waals surface area contributed by atoms with E-state index in [-0.39, 0.29) is 12.2 Å². The molecule has 0 aromatic heterocycles. The van der Waals surface area contributed by atoms with E-state index >= 15 is 0 Å². The van der Waals surface area contributed by atoms with Crippen molar-refractivity contribution in [3.05, 3.63) is 29.3 Å². The zero-order chi connectivity index (χ0) is 17.3. The number of carboxylic acid groups (broad SMARTS) is 1. The summed E-state index contributed by atoms with van der Waals surface area (Å²) in [6.07, 6.45) is -0.870. The van der Waals surface area contributed by atoms with Gasteiger partial charge < -0.3 is 20.1 Å². The number of anilines is 1. The first-order valence-corrected chi connectivity index (χ1v) is 8.17. The molecule has 1 saturated heterocycles. The second-order valence-corrected chi connectivity index (χ2v) is 6.57. The number of rotatable bonds is 3. The first-order valence-electron chi connectivity index (χ1n) is 7.76. The molecule has 2 aliphatic heterocycles. The maximum atomic E-state index is 12.1. The number of carbonyl (C=O) groups is 2. The van der Waals surface area contributed by atoms with Gasteiger partial charge in [-0.15, -0.1) is 0 Å². The van der Waals surface area contributed by atoms with Crippen molar-refractivity contribution >= 4 is 35.1 Å². The van der Waals surface area contributed by atoms with E-state index in [2.05, 4.69) is 5.32 Å².